The topological polar surface area (TPSA) is 276 Å². The van der Waals surface area contributed by atoms with Crippen LogP contribution in [-0.4, -0.2) is 111 Å². The predicted molar refractivity (Wildman–Crippen MR) is 231 cm³/mol. The molecule has 1 aromatic carbocycles. The number of allylic oxidation sites excluding steroid dienone is 2. The molecule has 1 aliphatic heterocycles. The molecule has 1 aliphatic rings. The van der Waals surface area contributed by atoms with Crippen LogP contribution in [0.15, 0.2) is 42.6 Å². The number of hydrogen-bond donors (Lipinski definition) is 5. The van der Waals surface area contributed by atoms with Crippen LogP contribution in [0.1, 0.15) is 80.3 Å². The number of ether oxygens (including phenoxy) is 2. The third kappa shape index (κ3) is 8.98. The van der Waals surface area contributed by atoms with E-state index in [0.29, 0.717) is 77.8 Å². The Morgan fingerprint density at radius 3 is 2.27 bits per heavy atom. The Balaban J connectivity index is 1.23. The molecule has 8 N–H and O–H groups in total. The number of nitrogens with one attached hydrogen (secondary N) is 2. The molecule has 0 aliphatic carbocycles. The van der Waals surface area contributed by atoms with Crippen molar-refractivity contribution >= 4 is 63.4 Å². The van der Waals surface area contributed by atoms with Gasteiger partial charge in [0.15, 0.2) is 5.65 Å². The lowest BCUT2D eigenvalue weighted by molar-refractivity contribution is -0.0193. The number of carbonyl (C=O) groups excluding carboxylic acids is 4. The number of fused-ring (bicyclic) bond motifs is 2. The molecule has 62 heavy (non-hydrogen) atoms. The van der Waals surface area contributed by atoms with Crippen LogP contribution in [-0.2, 0) is 30.9 Å². The van der Waals surface area contributed by atoms with E-state index in [4.69, 9.17) is 31.7 Å². The molecule has 7 rings (SSSR count). The number of benzene rings is 1. The number of nitrogen functional groups attached to an aromatic ring is 1. The Morgan fingerprint density at radius 1 is 0.887 bits per heavy atom. The summed E-state index contributed by atoms with van der Waals surface area (Å²) in [6.45, 7) is 13.9. The zero-order valence-corrected chi connectivity index (χ0v) is 35.3. The molecule has 0 radical (unpaired) electrons. The summed E-state index contributed by atoms with van der Waals surface area (Å²) >= 11 is 0. The van der Waals surface area contributed by atoms with Gasteiger partial charge in [-0.2, -0.15) is 10.2 Å². The van der Waals surface area contributed by atoms with Crippen molar-refractivity contribution in [2.75, 3.05) is 49.2 Å². The van der Waals surface area contributed by atoms with Crippen LogP contribution in [0.4, 0.5) is 17.6 Å². The van der Waals surface area contributed by atoms with Crippen molar-refractivity contribution in [2.24, 2.45) is 11.5 Å². The van der Waals surface area contributed by atoms with E-state index in [1.54, 1.807) is 45.9 Å². The second-order valence-corrected chi connectivity index (χ2v) is 14.9. The number of amides is 4. The first kappa shape index (κ1) is 43.0. The van der Waals surface area contributed by atoms with Gasteiger partial charge in [-0.25, -0.2) is 15.0 Å². The standard InChI is InChI=1S/C41H51N15O6/c1-6-55-30(17-23(3)50-55)38(59)48-41-47-29-19-27(36(44)58)21-45-37(29)54(41)13-9-8-12-53-33-28(46-40(53)49-39(60)34-32(42)25(5)51-56(34)7-2)18-26(35(43)57)20-31(33)62-15-10-11-52-14-16-61-24(4)22-52/h8-9,17-21,24H,6-7,10-16,22,42H2,1-5H3,(H2,43,57)(H2,44,58)(H,46,49,60)(H,47,48,59)/b9-8+/t24-/m0/s1. The minimum Gasteiger partial charge on any atom is -0.491 e. The summed E-state index contributed by atoms with van der Waals surface area (Å²) in [5.41, 5.74) is 21.5. The lowest BCUT2D eigenvalue weighted by Gasteiger charge is -2.30. The molecule has 326 valence electrons. The molecule has 1 saturated heterocycles. The van der Waals surface area contributed by atoms with Gasteiger partial charge in [-0.1, -0.05) is 12.2 Å². The Hall–Kier alpha value is -7.13. The Morgan fingerprint density at radius 2 is 1.56 bits per heavy atom. The fourth-order valence-corrected chi connectivity index (χ4v) is 7.45. The number of nitrogens with two attached hydrogens (primary N) is 3. The van der Waals surface area contributed by atoms with Gasteiger partial charge in [-0.3, -0.25) is 48.6 Å². The van der Waals surface area contributed by atoms with Gasteiger partial charge < -0.3 is 31.2 Å². The number of aryl methyl sites for hydroxylation is 4. The molecule has 6 heterocycles. The Kier molecular flexibility index (Phi) is 12.6. The number of carbonyl (C=O) groups is 4. The van der Waals surface area contributed by atoms with Crippen molar-refractivity contribution < 1.29 is 28.7 Å². The van der Waals surface area contributed by atoms with Crippen molar-refractivity contribution in [3.8, 4) is 5.75 Å². The number of rotatable bonds is 17. The van der Waals surface area contributed by atoms with Gasteiger partial charge >= 0.3 is 0 Å². The molecule has 21 nitrogen and oxygen atoms in total. The number of hydrogen-bond acceptors (Lipinski definition) is 13. The second-order valence-electron chi connectivity index (χ2n) is 14.9. The van der Waals surface area contributed by atoms with Crippen molar-refractivity contribution in [3.63, 3.8) is 0 Å². The van der Waals surface area contributed by atoms with E-state index in [-0.39, 0.29) is 53.6 Å². The SMILES string of the molecule is CCn1nc(C)cc1C(=O)Nc1nc2cc(C(N)=O)cnc2n1C/C=C/Cn1c(NC(=O)c2c(N)c(C)nn2CC)nc2cc(C(N)=O)cc(OCCCN3CCO[C@@H](C)C3)c21. The Labute approximate surface area is 356 Å². The number of nitrogens with zero attached hydrogens (tertiary/aromatic N) is 10. The van der Waals surface area contributed by atoms with Crippen molar-refractivity contribution in [1.29, 1.82) is 0 Å². The normalized spacial score (nSPS) is 14.6. The van der Waals surface area contributed by atoms with Gasteiger partial charge in [-0.15, -0.1) is 0 Å². The van der Waals surface area contributed by atoms with E-state index < -0.39 is 23.6 Å². The highest BCUT2D eigenvalue weighted by molar-refractivity contribution is 6.07. The molecule has 21 heteroatoms. The quantitative estimate of drug-likeness (QED) is 0.0653. The average Bonchev–Trinajstić information content (AvgIpc) is 3.98. The van der Waals surface area contributed by atoms with Crippen molar-refractivity contribution in [3.05, 3.63) is 76.5 Å². The highest BCUT2D eigenvalue weighted by atomic mass is 16.5. The summed E-state index contributed by atoms with van der Waals surface area (Å²) in [7, 11) is 0. The summed E-state index contributed by atoms with van der Waals surface area (Å²) < 4.78 is 18.6. The van der Waals surface area contributed by atoms with E-state index in [1.807, 2.05) is 32.9 Å². The minimum atomic E-state index is -0.674. The smallest absolute Gasteiger partial charge is 0.278 e. The molecule has 0 bridgehead atoms. The first-order chi connectivity index (χ1) is 29.8. The fraction of sp³-hybridized carbons (Fsp3) is 0.390. The average molecular weight is 850 g/mol. The number of anilines is 3. The van der Waals surface area contributed by atoms with Gasteiger partial charge in [0.05, 0.1) is 47.5 Å². The predicted octanol–water partition coefficient (Wildman–Crippen LogP) is 2.86. The van der Waals surface area contributed by atoms with Crippen LogP contribution in [0.5, 0.6) is 5.75 Å². The van der Waals surface area contributed by atoms with Crippen LogP contribution in [0.25, 0.3) is 22.2 Å². The molecule has 5 aromatic heterocycles. The highest BCUT2D eigenvalue weighted by Gasteiger charge is 2.25. The first-order valence-corrected chi connectivity index (χ1v) is 20.4. The Bertz CT molecular complexity index is 2710. The maximum absolute atomic E-state index is 13.9. The summed E-state index contributed by atoms with van der Waals surface area (Å²) in [5, 5.41) is 14.6. The first-order valence-electron chi connectivity index (χ1n) is 20.4. The largest absolute Gasteiger partial charge is 0.491 e. The third-order valence-electron chi connectivity index (χ3n) is 10.5. The number of aromatic nitrogens is 9. The zero-order chi connectivity index (χ0) is 44.2. The summed E-state index contributed by atoms with van der Waals surface area (Å²) in [5.74, 6) is -1.64. The van der Waals surface area contributed by atoms with E-state index in [9.17, 15) is 19.2 Å². The maximum atomic E-state index is 13.9. The second kappa shape index (κ2) is 18.2. The third-order valence-corrected chi connectivity index (χ3v) is 10.5. The molecule has 6 aromatic rings. The van der Waals surface area contributed by atoms with E-state index in [2.05, 4.69) is 35.7 Å². The number of primary amides is 2. The zero-order valence-electron chi connectivity index (χ0n) is 35.3. The monoisotopic (exact) mass is 849 g/mol. The van der Waals surface area contributed by atoms with Gasteiger partial charge in [0.1, 0.15) is 28.2 Å². The molecule has 1 atom stereocenters. The molecule has 0 unspecified atom stereocenters. The lowest BCUT2D eigenvalue weighted by Crippen LogP contribution is -2.41. The van der Waals surface area contributed by atoms with Crippen LogP contribution < -0.4 is 32.6 Å². The van der Waals surface area contributed by atoms with Crippen LogP contribution in [0.2, 0.25) is 0 Å². The molecular weight excluding hydrogens is 799 g/mol. The van der Waals surface area contributed by atoms with Gasteiger partial charge in [0, 0.05) is 57.6 Å². The van der Waals surface area contributed by atoms with Crippen molar-refractivity contribution in [2.45, 2.75) is 73.3 Å². The van der Waals surface area contributed by atoms with Gasteiger partial charge in [0.25, 0.3) is 11.8 Å². The molecule has 4 amide bonds. The van der Waals surface area contributed by atoms with Crippen LogP contribution in [0.3, 0.4) is 0 Å². The number of morpholine rings is 1. The van der Waals surface area contributed by atoms with E-state index in [0.717, 1.165) is 19.6 Å². The van der Waals surface area contributed by atoms with Gasteiger partial charge in [0.2, 0.25) is 23.7 Å². The lowest BCUT2D eigenvalue weighted by atomic mass is 10.1. The molecule has 0 saturated carbocycles. The van der Waals surface area contributed by atoms with Crippen molar-refractivity contribution in [1.82, 2.24) is 48.5 Å². The maximum Gasteiger partial charge on any atom is 0.278 e. The fourth-order valence-electron chi connectivity index (χ4n) is 7.45. The van der Waals surface area contributed by atoms with E-state index >= 15 is 0 Å². The summed E-state index contributed by atoms with van der Waals surface area (Å²) in [6, 6.07) is 6.32. The molecule has 0 spiro atoms. The summed E-state index contributed by atoms with van der Waals surface area (Å²) in [6.07, 6.45) is 5.85. The highest BCUT2D eigenvalue weighted by Crippen LogP contribution is 2.32. The summed E-state index contributed by atoms with van der Waals surface area (Å²) in [4.78, 5) is 68.2. The van der Waals surface area contributed by atoms with Crippen LogP contribution in [0, 0.1) is 13.8 Å². The van der Waals surface area contributed by atoms with Crippen LogP contribution >= 0.6 is 0 Å². The number of pyridine rings is 1. The minimum absolute atomic E-state index is 0.146. The van der Waals surface area contributed by atoms with E-state index in [1.165, 1.54) is 16.9 Å². The molecule has 1 fully saturated rings. The molecular formula is C41H51N15O6. The van der Waals surface area contributed by atoms with Gasteiger partial charge in [-0.05, 0) is 65.3 Å². The number of imidazole rings is 2.